The Hall–Kier alpha value is -3.02. The minimum Gasteiger partial charge on any atom is -0.493 e. The highest BCUT2D eigenvalue weighted by Gasteiger charge is 2.22. The maximum atomic E-state index is 13.8. The van der Waals surface area contributed by atoms with Crippen LogP contribution in [0.2, 0.25) is 0 Å². The third-order valence-corrected chi connectivity index (χ3v) is 4.42. The smallest absolute Gasteiger partial charge is 0.306 e. The van der Waals surface area contributed by atoms with Crippen LogP contribution in [0.4, 0.5) is 4.39 Å². The summed E-state index contributed by atoms with van der Waals surface area (Å²) in [5, 5.41) is 9.05. The van der Waals surface area contributed by atoms with E-state index in [1.807, 2.05) is 0 Å². The lowest BCUT2D eigenvalue weighted by molar-refractivity contribution is -0.141. The van der Waals surface area contributed by atoms with Crippen LogP contribution in [0.25, 0.3) is 0 Å². The van der Waals surface area contributed by atoms with E-state index in [1.165, 1.54) is 19.2 Å². The number of methoxy groups -OCH3 is 1. The molecule has 1 unspecified atom stereocenters. The van der Waals surface area contributed by atoms with Crippen molar-refractivity contribution in [2.75, 3.05) is 7.11 Å². The summed E-state index contributed by atoms with van der Waals surface area (Å²) in [4.78, 5) is 11.0. The normalized spacial score (nSPS) is 13.7. The van der Waals surface area contributed by atoms with Gasteiger partial charge in [0.15, 0.2) is 11.5 Å². The van der Waals surface area contributed by atoms with E-state index in [-0.39, 0.29) is 12.4 Å². The lowest BCUT2D eigenvalue weighted by Crippen LogP contribution is -2.12. The standard InChI is InChI=1S/C21H21FO5/c1-12(21(23)24)6-14-4-5-18(19(8-14)25-3)26-11-16-10-17(22)9-15-7-13(2)27-20(15)16/h4-5,8-10,12H,2,6-7,11H2,1,3H3,(H,23,24). The molecule has 142 valence electrons. The number of benzene rings is 2. The van der Waals surface area contributed by atoms with Crippen molar-refractivity contribution in [3.8, 4) is 17.2 Å². The van der Waals surface area contributed by atoms with Crippen molar-refractivity contribution in [1.82, 2.24) is 0 Å². The topological polar surface area (TPSA) is 65.0 Å². The fourth-order valence-corrected chi connectivity index (χ4v) is 3.03. The Morgan fingerprint density at radius 3 is 2.81 bits per heavy atom. The zero-order valence-electron chi connectivity index (χ0n) is 15.3. The number of halogens is 1. The highest BCUT2D eigenvalue weighted by molar-refractivity contribution is 5.70. The monoisotopic (exact) mass is 372 g/mol. The second-order valence-electron chi connectivity index (χ2n) is 6.59. The molecule has 0 bridgehead atoms. The molecule has 3 rings (SSSR count). The van der Waals surface area contributed by atoms with E-state index in [2.05, 4.69) is 6.58 Å². The number of allylic oxidation sites excluding steroid dienone is 1. The van der Waals surface area contributed by atoms with Crippen molar-refractivity contribution in [2.45, 2.75) is 26.4 Å². The van der Waals surface area contributed by atoms with Gasteiger partial charge in [0.2, 0.25) is 0 Å². The van der Waals surface area contributed by atoms with E-state index in [9.17, 15) is 9.18 Å². The average molecular weight is 372 g/mol. The Labute approximate surface area is 157 Å². The van der Waals surface area contributed by atoms with Gasteiger partial charge in [-0.25, -0.2) is 4.39 Å². The second kappa shape index (κ2) is 7.70. The molecule has 0 saturated carbocycles. The minimum atomic E-state index is -0.851. The van der Waals surface area contributed by atoms with Gasteiger partial charge >= 0.3 is 5.97 Å². The van der Waals surface area contributed by atoms with E-state index >= 15 is 0 Å². The summed E-state index contributed by atoms with van der Waals surface area (Å²) in [6.45, 7) is 5.54. The number of hydrogen-bond donors (Lipinski definition) is 1. The van der Waals surface area contributed by atoms with Gasteiger partial charge in [-0.05, 0) is 36.2 Å². The highest BCUT2D eigenvalue weighted by Crippen LogP contribution is 2.36. The van der Waals surface area contributed by atoms with Gasteiger partial charge in [-0.15, -0.1) is 0 Å². The lowest BCUT2D eigenvalue weighted by Gasteiger charge is -2.14. The first-order chi connectivity index (χ1) is 12.9. The molecule has 27 heavy (non-hydrogen) atoms. The molecule has 5 nitrogen and oxygen atoms in total. The van der Waals surface area contributed by atoms with Crippen molar-refractivity contribution in [3.05, 3.63) is 65.2 Å². The van der Waals surface area contributed by atoms with Crippen molar-refractivity contribution in [2.24, 2.45) is 5.92 Å². The summed E-state index contributed by atoms with van der Waals surface area (Å²) in [7, 11) is 1.51. The maximum Gasteiger partial charge on any atom is 0.306 e. The first-order valence-electron chi connectivity index (χ1n) is 8.56. The summed E-state index contributed by atoms with van der Waals surface area (Å²) in [6.07, 6.45) is 0.874. The molecule has 2 aromatic rings. The van der Waals surface area contributed by atoms with Crippen LogP contribution in [0.1, 0.15) is 23.6 Å². The molecule has 0 spiro atoms. The highest BCUT2D eigenvalue weighted by atomic mass is 19.1. The van der Waals surface area contributed by atoms with Crippen LogP contribution in [0.15, 0.2) is 42.7 Å². The lowest BCUT2D eigenvalue weighted by atomic mass is 10.0. The number of ether oxygens (including phenoxy) is 3. The molecule has 0 aromatic heterocycles. The van der Waals surface area contributed by atoms with E-state index < -0.39 is 11.9 Å². The summed E-state index contributed by atoms with van der Waals surface area (Å²) in [5.41, 5.74) is 2.18. The SMILES string of the molecule is C=C1Cc2cc(F)cc(COc3ccc(CC(C)C(=O)O)cc3OC)c2O1. The Morgan fingerprint density at radius 2 is 2.11 bits per heavy atom. The minimum absolute atomic E-state index is 0.106. The van der Waals surface area contributed by atoms with Gasteiger partial charge in [0.25, 0.3) is 0 Å². The van der Waals surface area contributed by atoms with Crippen molar-refractivity contribution < 1.29 is 28.5 Å². The third-order valence-electron chi connectivity index (χ3n) is 4.42. The Bertz CT molecular complexity index is 890. The number of carboxylic acids is 1. The first kappa shape index (κ1) is 18.8. The van der Waals surface area contributed by atoms with Crippen molar-refractivity contribution in [3.63, 3.8) is 0 Å². The summed E-state index contributed by atoms with van der Waals surface area (Å²) >= 11 is 0. The van der Waals surface area contributed by atoms with Crippen molar-refractivity contribution >= 4 is 5.97 Å². The molecule has 6 heteroatoms. The Morgan fingerprint density at radius 1 is 1.33 bits per heavy atom. The van der Waals surface area contributed by atoms with Gasteiger partial charge in [-0.1, -0.05) is 19.6 Å². The molecule has 0 amide bonds. The van der Waals surface area contributed by atoms with Gasteiger partial charge in [-0.3, -0.25) is 4.79 Å². The van der Waals surface area contributed by atoms with Gasteiger partial charge in [-0.2, -0.15) is 0 Å². The molecule has 1 aliphatic rings. The molecule has 2 aromatic carbocycles. The zero-order chi connectivity index (χ0) is 19.6. The van der Waals surface area contributed by atoms with Crippen LogP contribution in [-0.2, 0) is 24.2 Å². The van der Waals surface area contributed by atoms with Crippen LogP contribution in [-0.4, -0.2) is 18.2 Å². The van der Waals surface area contributed by atoms with Gasteiger partial charge < -0.3 is 19.3 Å². The van der Waals surface area contributed by atoms with Gasteiger partial charge in [0.1, 0.15) is 23.9 Å². The molecular weight excluding hydrogens is 351 g/mol. The van der Waals surface area contributed by atoms with Crippen LogP contribution in [0.3, 0.4) is 0 Å². The average Bonchev–Trinajstić information content (AvgIpc) is 3.00. The predicted octanol–water partition coefficient (Wildman–Crippen LogP) is 4.13. The Kier molecular flexibility index (Phi) is 5.35. The van der Waals surface area contributed by atoms with Crippen LogP contribution in [0.5, 0.6) is 17.2 Å². The van der Waals surface area contributed by atoms with E-state index in [0.29, 0.717) is 41.4 Å². The van der Waals surface area contributed by atoms with Crippen LogP contribution in [0, 0.1) is 11.7 Å². The van der Waals surface area contributed by atoms with E-state index in [4.69, 9.17) is 19.3 Å². The zero-order valence-corrected chi connectivity index (χ0v) is 15.3. The fraction of sp³-hybridized carbons (Fsp3) is 0.286. The van der Waals surface area contributed by atoms with Crippen LogP contribution >= 0.6 is 0 Å². The molecule has 1 heterocycles. The number of aliphatic carboxylic acids is 1. The van der Waals surface area contributed by atoms with Gasteiger partial charge in [0, 0.05) is 17.5 Å². The van der Waals surface area contributed by atoms with Crippen LogP contribution < -0.4 is 14.2 Å². The van der Waals surface area contributed by atoms with E-state index in [0.717, 1.165) is 11.1 Å². The molecule has 1 aliphatic heterocycles. The Balaban J connectivity index is 1.77. The molecule has 0 radical (unpaired) electrons. The largest absolute Gasteiger partial charge is 0.493 e. The number of carboxylic acid groups (broad SMARTS) is 1. The van der Waals surface area contributed by atoms with E-state index in [1.54, 1.807) is 25.1 Å². The van der Waals surface area contributed by atoms with Gasteiger partial charge in [0.05, 0.1) is 13.0 Å². The first-order valence-corrected chi connectivity index (χ1v) is 8.56. The number of hydrogen-bond acceptors (Lipinski definition) is 4. The predicted molar refractivity (Wildman–Crippen MR) is 97.7 cm³/mol. The second-order valence-corrected chi connectivity index (χ2v) is 6.59. The molecule has 0 saturated heterocycles. The molecule has 1 N–H and O–H groups in total. The number of fused-ring (bicyclic) bond motifs is 1. The quantitative estimate of drug-likeness (QED) is 0.792. The maximum absolute atomic E-state index is 13.8. The fourth-order valence-electron chi connectivity index (χ4n) is 3.03. The number of rotatable bonds is 7. The summed E-state index contributed by atoms with van der Waals surface area (Å²) < 4.78 is 30.6. The molecular formula is C21H21FO5. The number of carbonyl (C=O) groups is 1. The molecule has 0 fully saturated rings. The molecule has 1 atom stereocenters. The van der Waals surface area contributed by atoms with Crippen molar-refractivity contribution in [1.29, 1.82) is 0 Å². The molecule has 0 aliphatic carbocycles. The third kappa shape index (κ3) is 4.22. The summed E-state index contributed by atoms with van der Waals surface area (Å²) in [5.74, 6) is 0.439. The summed E-state index contributed by atoms with van der Waals surface area (Å²) in [6, 6.07) is 8.10.